The van der Waals surface area contributed by atoms with E-state index in [1.54, 1.807) is 0 Å². The molecule has 134 valence electrons. The van der Waals surface area contributed by atoms with Crippen LogP contribution in [0.4, 0.5) is 10.6 Å². The van der Waals surface area contributed by atoms with Crippen molar-refractivity contribution >= 4 is 23.2 Å². The van der Waals surface area contributed by atoms with E-state index >= 15 is 0 Å². The zero-order valence-corrected chi connectivity index (χ0v) is 15.6. The number of rotatable bonds is 2. The van der Waals surface area contributed by atoms with Crippen LogP contribution >= 0.6 is 11.3 Å². The van der Waals surface area contributed by atoms with Crippen molar-refractivity contribution in [2.75, 3.05) is 18.5 Å². The summed E-state index contributed by atoms with van der Waals surface area (Å²) in [5.41, 5.74) is 1.95. The van der Waals surface area contributed by atoms with Gasteiger partial charge < -0.3 is 14.3 Å². The smallest absolute Gasteiger partial charge is 0.413 e. The van der Waals surface area contributed by atoms with Crippen LogP contribution in [-0.4, -0.2) is 35.5 Å². The minimum Gasteiger partial charge on any atom is -0.444 e. The zero-order valence-electron chi connectivity index (χ0n) is 14.8. The Morgan fingerprint density at radius 1 is 1.50 bits per heavy atom. The summed E-state index contributed by atoms with van der Waals surface area (Å²) in [6, 6.07) is 0. The Balaban J connectivity index is 1.74. The van der Waals surface area contributed by atoms with Crippen LogP contribution in [0.3, 0.4) is 0 Å². The van der Waals surface area contributed by atoms with Crippen LogP contribution in [0, 0.1) is 5.92 Å². The molecule has 2 saturated heterocycles. The van der Waals surface area contributed by atoms with Crippen LogP contribution in [0.25, 0.3) is 0 Å². The predicted octanol–water partition coefficient (Wildman–Crippen LogP) is 3.04. The lowest BCUT2D eigenvalue weighted by Gasteiger charge is -2.43. The van der Waals surface area contributed by atoms with Crippen LogP contribution in [0.15, 0.2) is 5.38 Å². The molecule has 2 fully saturated rings. The number of carbonyl (C=O) groups is 1. The molecule has 0 saturated carbocycles. The lowest BCUT2D eigenvalue weighted by Crippen LogP contribution is -2.54. The zero-order chi connectivity index (χ0) is 17.6. The highest BCUT2D eigenvalue weighted by Crippen LogP contribution is 2.45. The number of nitrogens with zero attached hydrogens (tertiary/aromatic N) is 1. The van der Waals surface area contributed by atoms with Crippen molar-refractivity contribution in [1.29, 1.82) is 0 Å². The number of fused-ring (bicyclic) bond motifs is 1. The molecule has 2 N–H and O–H groups in total. The minimum absolute atomic E-state index is 0.168. The first-order valence-electron chi connectivity index (χ1n) is 8.09. The number of nitrogens with one attached hydrogen (secondary N) is 2. The Hall–Kier alpha value is -1.22. The molecule has 1 amide bonds. The number of hydrogen-bond donors (Lipinski definition) is 2. The average molecular weight is 355 g/mol. The van der Waals surface area contributed by atoms with E-state index in [0.29, 0.717) is 19.0 Å². The Bertz CT molecular complexity index is 625. The van der Waals surface area contributed by atoms with Crippen molar-refractivity contribution in [2.45, 2.75) is 57.8 Å². The highest BCUT2D eigenvalue weighted by molar-refractivity contribution is 7.10. The third-order valence-electron chi connectivity index (χ3n) is 4.18. The Labute approximate surface area is 146 Å². The molecule has 1 aromatic heterocycles. The summed E-state index contributed by atoms with van der Waals surface area (Å²) in [5, 5.41) is 5.34. The third-order valence-corrected chi connectivity index (χ3v) is 5.20. The maximum absolute atomic E-state index is 11.9. The van der Waals surface area contributed by atoms with Gasteiger partial charge in [0.25, 0.3) is 0 Å². The number of thiazole rings is 1. The van der Waals surface area contributed by atoms with Gasteiger partial charge in [-0.05, 0) is 41.0 Å². The Morgan fingerprint density at radius 3 is 2.96 bits per heavy atom. The average Bonchev–Trinajstić information content (AvgIpc) is 3.02. The molecule has 0 bridgehead atoms. The lowest BCUT2D eigenvalue weighted by atomic mass is 9.77. The second kappa shape index (κ2) is 5.94. The van der Waals surface area contributed by atoms with Gasteiger partial charge in [0.05, 0.1) is 18.8 Å². The van der Waals surface area contributed by atoms with Gasteiger partial charge >= 0.3 is 6.09 Å². The van der Waals surface area contributed by atoms with Gasteiger partial charge in [-0.1, -0.05) is 0 Å². The van der Waals surface area contributed by atoms with Gasteiger partial charge in [-0.15, -0.1) is 11.3 Å². The first-order chi connectivity index (χ1) is 11.1. The van der Waals surface area contributed by atoms with Crippen molar-refractivity contribution in [2.24, 2.45) is 5.92 Å². The summed E-state index contributed by atoms with van der Waals surface area (Å²) >= 11 is 1.48. The Kier molecular flexibility index (Phi) is 4.36. The topological polar surface area (TPSA) is 81.7 Å². The van der Waals surface area contributed by atoms with Crippen LogP contribution in [0.5, 0.6) is 0 Å². The van der Waals surface area contributed by atoms with E-state index in [2.05, 4.69) is 29.6 Å². The van der Waals surface area contributed by atoms with E-state index in [1.165, 1.54) is 11.3 Å². The van der Waals surface area contributed by atoms with E-state index in [0.717, 1.165) is 11.4 Å². The molecule has 2 atom stereocenters. The molecule has 24 heavy (non-hydrogen) atoms. The molecule has 0 spiro atoms. The fourth-order valence-electron chi connectivity index (χ4n) is 3.06. The first-order valence-corrected chi connectivity index (χ1v) is 8.97. The summed E-state index contributed by atoms with van der Waals surface area (Å²) in [4.78, 5) is 22.0. The van der Waals surface area contributed by atoms with Crippen molar-refractivity contribution in [3.05, 3.63) is 10.4 Å². The molecule has 3 rings (SSSR count). The molecule has 7 nitrogen and oxygen atoms in total. The van der Waals surface area contributed by atoms with Gasteiger partial charge in [0.15, 0.2) is 0 Å². The molecule has 3 heterocycles. The molecule has 2 aliphatic heterocycles. The van der Waals surface area contributed by atoms with Crippen LogP contribution in [-0.2, 0) is 19.9 Å². The van der Waals surface area contributed by atoms with E-state index in [-0.39, 0.29) is 11.5 Å². The molecule has 2 aliphatic rings. The maximum atomic E-state index is 11.9. The van der Waals surface area contributed by atoms with Crippen molar-refractivity contribution in [1.82, 2.24) is 10.5 Å². The van der Waals surface area contributed by atoms with Crippen LogP contribution < -0.4 is 10.8 Å². The number of ether oxygens (including phenoxy) is 2. The van der Waals surface area contributed by atoms with E-state index in [4.69, 9.17) is 14.3 Å². The van der Waals surface area contributed by atoms with E-state index in [1.807, 2.05) is 26.2 Å². The summed E-state index contributed by atoms with van der Waals surface area (Å²) in [7, 11) is 0. The summed E-state index contributed by atoms with van der Waals surface area (Å²) in [6.45, 7) is 10.8. The van der Waals surface area contributed by atoms with Gasteiger partial charge in [-0.25, -0.2) is 9.78 Å². The summed E-state index contributed by atoms with van der Waals surface area (Å²) in [6.07, 6.45) is 0.374. The van der Waals surface area contributed by atoms with E-state index in [9.17, 15) is 4.79 Å². The molecular formula is C16H25N3O4S. The standard InChI is InChI=1S/C16H25N3O4S/c1-14(2,3)23-13(20)18-11-8-24-12(17-11)16-9-21-15(4,5)6-10(16)7-22-19-16/h8,10,19H,6-7,9H2,1-5H3,(H,18,20)/t10-,16-/m0/s1. The SMILES string of the molecule is CC(C)(C)OC(=O)Nc1csc([C@]23COC(C)(C)C[C@H]2CON3)n1. The number of carbonyl (C=O) groups excluding carboxylic acids is 1. The monoisotopic (exact) mass is 355 g/mol. The summed E-state index contributed by atoms with van der Waals surface area (Å²) < 4.78 is 11.3. The third kappa shape index (κ3) is 3.56. The quantitative estimate of drug-likeness (QED) is 0.849. The first kappa shape index (κ1) is 17.6. The largest absolute Gasteiger partial charge is 0.444 e. The van der Waals surface area contributed by atoms with Crippen molar-refractivity contribution in [3.63, 3.8) is 0 Å². The second-order valence-electron chi connectivity index (χ2n) is 8.00. The van der Waals surface area contributed by atoms with Gasteiger partial charge in [0.1, 0.15) is 22.0 Å². The van der Waals surface area contributed by atoms with Crippen LogP contribution in [0.1, 0.15) is 46.0 Å². The molecule has 1 aromatic rings. The highest BCUT2D eigenvalue weighted by atomic mass is 32.1. The van der Waals surface area contributed by atoms with E-state index < -0.39 is 17.2 Å². The molecular weight excluding hydrogens is 330 g/mol. The minimum atomic E-state index is -0.545. The second-order valence-corrected chi connectivity index (χ2v) is 8.86. The van der Waals surface area contributed by atoms with Gasteiger partial charge in [-0.2, -0.15) is 5.48 Å². The molecule has 0 aliphatic carbocycles. The molecule has 0 aromatic carbocycles. The van der Waals surface area contributed by atoms with Crippen molar-refractivity contribution in [3.8, 4) is 0 Å². The number of amides is 1. The Morgan fingerprint density at radius 2 is 2.25 bits per heavy atom. The van der Waals surface area contributed by atoms with Gasteiger partial charge in [0.2, 0.25) is 0 Å². The highest BCUT2D eigenvalue weighted by Gasteiger charge is 2.53. The normalized spacial score (nSPS) is 29.1. The molecule has 0 unspecified atom stereocenters. The number of hydrogen-bond acceptors (Lipinski definition) is 7. The van der Waals surface area contributed by atoms with Crippen LogP contribution in [0.2, 0.25) is 0 Å². The predicted molar refractivity (Wildman–Crippen MR) is 90.9 cm³/mol. The molecule has 8 heteroatoms. The fourth-order valence-corrected chi connectivity index (χ4v) is 4.03. The number of hydroxylamine groups is 1. The number of anilines is 1. The fraction of sp³-hybridized carbons (Fsp3) is 0.750. The van der Waals surface area contributed by atoms with Gasteiger partial charge in [-0.3, -0.25) is 5.32 Å². The summed E-state index contributed by atoms with van der Waals surface area (Å²) in [5.74, 6) is 0.762. The number of aromatic nitrogens is 1. The van der Waals surface area contributed by atoms with Crippen molar-refractivity contribution < 1.29 is 19.1 Å². The lowest BCUT2D eigenvalue weighted by molar-refractivity contribution is -0.116. The van der Waals surface area contributed by atoms with Gasteiger partial charge in [0, 0.05) is 11.3 Å². The molecule has 0 radical (unpaired) electrons. The maximum Gasteiger partial charge on any atom is 0.413 e.